The van der Waals surface area contributed by atoms with E-state index < -0.39 is 9.84 Å². The van der Waals surface area contributed by atoms with Crippen molar-refractivity contribution in [3.63, 3.8) is 0 Å². The number of hydrogen-bond acceptors (Lipinski definition) is 2. The number of benzene rings is 1. The Hall–Kier alpha value is -0.540. The van der Waals surface area contributed by atoms with Crippen molar-refractivity contribution in [3.8, 4) is 0 Å². The molecular weight excluding hydrogens is 220 g/mol. The lowest BCUT2D eigenvalue weighted by atomic mass is 10.2. The van der Waals surface area contributed by atoms with Crippen LogP contribution in [0, 0.1) is 6.92 Å². The fourth-order valence-electron chi connectivity index (χ4n) is 1.25. The summed E-state index contributed by atoms with van der Waals surface area (Å²) in [5.74, 6) is 0.290. The number of rotatable bonds is 4. The van der Waals surface area contributed by atoms with E-state index in [1.165, 1.54) is 0 Å². The van der Waals surface area contributed by atoms with Crippen molar-refractivity contribution < 1.29 is 8.42 Å². The minimum Gasteiger partial charge on any atom is -0.228 e. The van der Waals surface area contributed by atoms with Crippen LogP contribution in [-0.4, -0.2) is 20.1 Å². The predicted molar refractivity (Wildman–Crippen MR) is 59.4 cm³/mol. The average molecular weight is 233 g/mol. The van der Waals surface area contributed by atoms with Gasteiger partial charge in [0.05, 0.1) is 11.5 Å². The highest BCUT2D eigenvalue weighted by Gasteiger charge is 2.10. The summed E-state index contributed by atoms with van der Waals surface area (Å²) < 4.78 is 22.9. The molecule has 1 aromatic rings. The van der Waals surface area contributed by atoms with Gasteiger partial charge in [-0.05, 0) is 12.5 Å². The first-order valence-corrected chi connectivity index (χ1v) is 6.71. The smallest absolute Gasteiger partial charge is 0.155 e. The number of halogens is 1. The van der Waals surface area contributed by atoms with Crippen LogP contribution in [0.3, 0.4) is 0 Å². The third-order valence-electron chi connectivity index (χ3n) is 1.86. The molecule has 78 valence electrons. The third-order valence-corrected chi connectivity index (χ3v) is 3.87. The van der Waals surface area contributed by atoms with Crippen molar-refractivity contribution in [2.24, 2.45) is 0 Å². The van der Waals surface area contributed by atoms with E-state index >= 15 is 0 Å². The van der Waals surface area contributed by atoms with Gasteiger partial charge in [-0.3, -0.25) is 0 Å². The number of sulfone groups is 1. The van der Waals surface area contributed by atoms with Crippen LogP contribution in [0.15, 0.2) is 24.3 Å². The quantitative estimate of drug-likeness (QED) is 0.746. The molecule has 0 saturated heterocycles. The topological polar surface area (TPSA) is 34.1 Å². The summed E-state index contributed by atoms with van der Waals surface area (Å²) in [6.45, 7) is 1.94. The second-order valence-corrected chi connectivity index (χ2v) is 5.83. The Bertz CT molecular complexity index is 398. The lowest BCUT2D eigenvalue weighted by molar-refractivity contribution is 0.596. The summed E-state index contributed by atoms with van der Waals surface area (Å²) in [4.78, 5) is 0. The SMILES string of the molecule is Cc1cccc(CS(=O)(=O)CCCl)c1. The standard InChI is InChI=1S/C10H13ClO2S/c1-9-3-2-4-10(7-9)8-14(12,13)6-5-11/h2-4,7H,5-6,8H2,1H3. The van der Waals surface area contributed by atoms with Crippen molar-refractivity contribution in [3.05, 3.63) is 35.4 Å². The lowest BCUT2D eigenvalue weighted by Gasteiger charge is -2.03. The molecule has 0 aromatic heterocycles. The monoisotopic (exact) mass is 232 g/mol. The van der Waals surface area contributed by atoms with E-state index in [1.54, 1.807) is 0 Å². The Kier molecular flexibility index (Phi) is 3.96. The molecule has 0 radical (unpaired) electrons. The summed E-state index contributed by atoms with van der Waals surface area (Å²) in [5.41, 5.74) is 1.90. The van der Waals surface area contributed by atoms with Gasteiger partial charge in [-0.2, -0.15) is 0 Å². The van der Waals surface area contributed by atoms with Gasteiger partial charge in [-0.25, -0.2) is 8.42 Å². The van der Waals surface area contributed by atoms with Gasteiger partial charge in [0.15, 0.2) is 9.84 Å². The Morgan fingerprint density at radius 2 is 2.07 bits per heavy atom. The third kappa shape index (κ3) is 3.68. The second-order valence-electron chi connectivity index (χ2n) is 3.27. The number of aryl methyl sites for hydroxylation is 1. The van der Waals surface area contributed by atoms with Gasteiger partial charge in [0.25, 0.3) is 0 Å². The highest BCUT2D eigenvalue weighted by Crippen LogP contribution is 2.09. The molecule has 0 aliphatic heterocycles. The van der Waals surface area contributed by atoms with E-state index in [-0.39, 0.29) is 17.4 Å². The van der Waals surface area contributed by atoms with Crippen molar-refractivity contribution >= 4 is 21.4 Å². The molecule has 1 aromatic carbocycles. The van der Waals surface area contributed by atoms with Crippen LogP contribution >= 0.6 is 11.6 Å². The highest BCUT2D eigenvalue weighted by molar-refractivity contribution is 7.90. The average Bonchev–Trinajstić information content (AvgIpc) is 2.02. The van der Waals surface area contributed by atoms with Crippen LogP contribution in [0.1, 0.15) is 11.1 Å². The van der Waals surface area contributed by atoms with Crippen molar-refractivity contribution in [1.82, 2.24) is 0 Å². The first kappa shape index (κ1) is 11.5. The number of alkyl halides is 1. The molecule has 0 aliphatic carbocycles. The zero-order valence-corrected chi connectivity index (χ0v) is 9.61. The highest BCUT2D eigenvalue weighted by atomic mass is 35.5. The molecule has 0 atom stereocenters. The molecule has 0 heterocycles. The molecule has 0 fully saturated rings. The zero-order chi connectivity index (χ0) is 10.6. The molecule has 0 amide bonds. The maximum absolute atomic E-state index is 11.4. The maximum atomic E-state index is 11.4. The Morgan fingerprint density at radius 3 is 2.64 bits per heavy atom. The molecular formula is C10H13ClO2S. The molecule has 2 nitrogen and oxygen atoms in total. The van der Waals surface area contributed by atoms with Crippen molar-refractivity contribution in [1.29, 1.82) is 0 Å². The maximum Gasteiger partial charge on any atom is 0.155 e. The van der Waals surface area contributed by atoms with Gasteiger partial charge in [0.1, 0.15) is 0 Å². The first-order valence-electron chi connectivity index (χ1n) is 4.35. The fraction of sp³-hybridized carbons (Fsp3) is 0.400. The minimum atomic E-state index is -3.03. The molecule has 0 unspecified atom stereocenters. The molecule has 14 heavy (non-hydrogen) atoms. The molecule has 0 bridgehead atoms. The normalized spacial score (nSPS) is 11.6. The van der Waals surface area contributed by atoms with Gasteiger partial charge >= 0.3 is 0 Å². The fourth-order valence-corrected chi connectivity index (χ4v) is 3.02. The van der Waals surface area contributed by atoms with Gasteiger partial charge in [-0.15, -0.1) is 11.6 Å². The van der Waals surface area contributed by atoms with Crippen LogP contribution in [0.2, 0.25) is 0 Å². The van der Waals surface area contributed by atoms with Crippen LogP contribution in [0.25, 0.3) is 0 Å². The van der Waals surface area contributed by atoms with Gasteiger partial charge < -0.3 is 0 Å². The lowest BCUT2D eigenvalue weighted by Crippen LogP contribution is -2.10. The van der Waals surface area contributed by atoms with E-state index in [2.05, 4.69) is 0 Å². The van der Waals surface area contributed by atoms with E-state index in [9.17, 15) is 8.42 Å². The minimum absolute atomic E-state index is 0.0441. The molecule has 1 rings (SSSR count). The van der Waals surface area contributed by atoms with E-state index in [1.807, 2.05) is 31.2 Å². The predicted octanol–water partition coefficient (Wildman–Crippen LogP) is 2.15. The van der Waals surface area contributed by atoms with Gasteiger partial charge in [0.2, 0.25) is 0 Å². The Balaban J connectivity index is 2.79. The van der Waals surface area contributed by atoms with Crippen molar-refractivity contribution in [2.45, 2.75) is 12.7 Å². The summed E-state index contributed by atoms with van der Waals surface area (Å²) in [7, 11) is -3.03. The van der Waals surface area contributed by atoms with E-state index in [4.69, 9.17) is 11.6 Å². The largest absolute Gasteiger partial charge is 0.228 e. The summed E-state index contributed by atoms with van der Waals surface area (Å²) >= 11 is 5.40. The molecule has 4 heteroatoms. The van der Waals surface area contributed by atoms with Crippen LogP contribution in [0.4, 0.5) is 0 Å². The van der Waals surface area contributed by atoms with E-state index in [0.29, 0.717) is 0 Å². The summed E-state index contributed by atoms with van der Waals surface area (Å²) in [5, 5.41) is 0. The molecule has 0 N–H and O–H groups in total. The summed E-state index contributed by atoms with van der Waals surface area (Å²) in [6, 6.07) is 7.50. The van der Waals surface area contributed by atoms with Gasteiger partial charge in [-0.1, -0.05) is 29.8 Å². The Morgan fingerprint density at radius 1 is 1.36 bits per heavy atom. The first-order chi connectivity index (χ1) is 6.53. The number of hydrogen-bond donors (Lipinski definition) is 0. The molecule has 0 spiro atoms. The van der Waals surface area contributed by atoms with Gasteiger partial charge in [0, 0.05) is 5.88 Å². The molecule has 0 saturated carbocycles. The van der Waals surface area contributed by atoms with Crippen LogP contribution in [0.5, 0.6) is 0 Å². The Labute approximate surface area is 89.8 Å². The molecule has 0 aliphatic rings. The second kappa shape index (κ2) is 4.80. The van der Waals surface area contributed by atoms with Crippen LogP contribution < -0.4 is 0 Å². The van der Waals surface area contributed by atoms with Crippen LogP contribution in [-0.2, 0) is 15.6 Å². The zero-order valence-electron chi connectivity index (χ0n) is 8.03. The summed E-state index contributed by atoms with van der Waals surface area (Å²) in [6.07, 6.45) is 0. The van der Waals surface area contributed by atoms with E-state index in [0.717, 1.165) is 11.1 Å². The van der Waals surface area contributed by atoms with Crippen molar-refractivity contribution in [2.75, 3.05) is 11.6 Å².